The Morgan fingerprint density at radius 2 is 2.14 bits per heavy atom. The largest absolute Gasteiger partial charge is 0.349 e. The minimum atomic E-state index is -0.0153. The number of amides is 1. The number of carbonyl (C=O) groups excluding carboxylic acids is 1. The molecule has 0 aliphatic carbocycles. The summed E-state index contributed by atoms with van der Waals surface area (Å²) in [4.78, 5) is 16.7. The first-order valence-electron chi connectivity index (χ1n) is 7.46. The Morgan fingerprint density at radius 1 is 1.38 bits per heavy atom. The summed E-state index contributed by atoms with van der Waals surface area (Å²) in [5, 5.41) is 3.11. The standard InChI is InChI=1S/C17H23N3O/c1-5-16(14-8-7-9-18-11-14)19-17(21)15-10-12(3)20(6-2)13(15)4/h7-11,16H,5-6H2,1-4H3,(H,19,21). The second-order valence-electron chi connectivity index (χ2n) is 5.25. The van der Waals surface area contributed by atoms with Crippen molar-refractivity contribution in [1.82, 2.24) is 14.9 Å². The van der Waals surface area contributed by atoms with Crippen molar-refractivity contribution in [3.05, 3.63) is 53.1 Å². The Labute approximate surface area is 126 Å². The molecule has 0 aliphatic rings. The quantitative estimate of drug-likeness (QED) is 0.915. The van der Waals surface area contributed by atoms with Gasteiger partial charge in [-0.1, -0.05) is 13.0 Å². The van der Waals surface area contributed by atoms with Gasteiger partial charge in [-0.2, -0.15) is 0 Å². The first kappa shape index (κ1) is 15.3. The van der Waals surface area contributed by atoms with E-state index in [4.69, 9.17) is 0 Å². The molecule has 1 amide bonds. The van der Waals surface area contributed by atoms with Crippen LogP contribution in [0.5, 0.6) is 0 Å². The summed E-state index contributed by atoms with van der Waals surface area (Å²) in [6.07, 6.45) is 4.39. The monoisotopic (exact) mass is 285 g/mol. The highest BCUT2D eigenvalue weighted by molar-refractivity contribution is 5.96. The average Bonchev–Trinajstić information content (AvgIpc) is 2.79. The second kappa shape index (κ2) is 6.57. The normalized spacial score (nSPS) is 12.2. The Morgan fingerprint density at radius 3 is 2.67 bits per heavy atom. The van der Waals surface area contributed by atoms with Crippen LogP contribution in [-0.4, -0.2) is 15.5 Å². The topological polar surface area (TPSA) is 46.9 Å². The molecule has 1 atom stereocenters. The molecule has 0 saturated heterocycles. The summed E-state index contributed by atoms with van der Waals surface area (Å²) in [5.41, 5.74) is 3.94. The van der Waals surface area contributed by atoms with Gasteiger partial charge in [0.1, 0.15) is 0 Å². The average molecular weight is 285 g/mol. The SMILES string of the molecule is CCC(NC(=O)c1cc(C)n(CC)c1C)c1cccnc1. The highest BCUT2D eigenvalue weighted by Crippen LogP contribution is 2.19. The van der Waals surface area contributed by atoms with Gasteiger partial charge in [-0.3, -0.25) is 9.78 Å². The fraction of sp³-hybridized carbons (Fsp3) is 0.412. The number of nitrogens with one attached hydrogen (secondary N) is 1. The molecular formula is C17H23N3O. The molecule has 2 aromatic heterocycles. The van der Waals surface area contributed by atoms with Crippen molar-refractivity contribution in [3.8, 4) is 0 Å². The van der Waals surface area contributed by atoms with Gasteiger partial charge in [-0.25, -0.2) is 0 Å². The van der Waals surface area contributed by atoms with Gasteiger partial charge in [0.25, 0.3) is 5.91 Å². The number of hydrogen-bond acceptors (Lipinski definition) is 2. The van der Waals surface area contributed by atoms with E-state index in [1.165, 1.54) is 0 Å². The van der Waals surface area contributed by atoms with Crippen molar-refractivity contribution in [2.45, 2.75) is 46.7 Å². The van der Waals surface area contributed by atoms with E-state index >= 15 is 0 Å². The van der Waals surface area contributed by atoms with Crippen molar-refractivity contribution in [1.29, 1.82) is 0 Å². The molecule has 1 N–H and O–H groups in total. The van der Waals surface area contributed by atoms with Crippen LogP contribution in [0.2, 0.25) is 0 Å². The maximum atomic E-state index is 12.5. The maximum Gasteiger partial charge on any atom is 0.253 e. The fourth-order valence-electron chi connectivity index (χ4n) is 2.76. The van der Waals surface area contributed by atoms with Gasteiger partial charge in [-0.15, -0.1) is 0 Å². The first-order chi connectivity index (χ1) is 10.1. The molecule has 1 unspecified atom stereocenters. The van der Waals surface area contributed by atoms with Gasteiger partial charge in [0.2, 0.25) is 0 Å². The van der Waals surface area contributed by atoms with E-state index in [2.05, 4.69) is 28.7 Å². The van der Waals surface area contributed by atoms with Crippen LogP contribution >= 0.6 is 0 Å². The maximum absolute atomic E-state index is 12.5. The third kappa shape index (κ3) is 3.15. The second-order valence-corrected chi connectivity index (χ2v) is 5.25. The molecule has 0 aliphatic heterocycles. The van der Waals surface area contributed by atoms with Crippen molar-refractivity contribution >= 4 is 5.91 Å². The molecule has 0 bridgehead atoms. The molecule has 21 heavy (non-hydrogen) atoms. The van der Waals surface area contributed by atoms with Crippen LogP contribution in [0.4, 0.5) is 0 Å². The third-order valence-electron chi connectivity index (χ3n) is 3.93. The van der Waals surface area contributed by atoms with E-state index in [1.807, 2.05) is 38.2 Å². The predicted octanol–water partition coefficient (Wildman–Crippen LogP) is 3.40. The fourth-order valence-corrected chi connectivity index (χ4v) is 2.76. The molecule has 4 heteroatoms. The third-order valence-corrected chi connectivity index (χ3v) is 3.93. The Kier molecular flexibility index (Phi) is 4.78. The van der Waals surface area contributed by atoms with Gasteiger partial charge < -0.3 is 9.88 Å². The van der Waals surface area contributed by atoms with Crippen molar-refractivity contribution < 1.29 is 4.79 Å². The number of pyridine rings is 1. The van der Waals surface area contributed by atoms with Crippen LogP contribution in [0.3, 0.4) is 0 Å². The predicted molar refractivity (Wildman–Crippen MR) is 84.3 cm³/mol. The number of rotatable bonds is 5. The zero-order chi connectivity index (χ0) is 15.4. The minimum Gasteiger partial charge on any atom is -0.349 e. The van der Waals surface area contributed by atoms with Gasteiger partial charge in [0, 0.05) is 30.3 Å². The zero-order valence-electron chi connectivity index (χ0n) is 13.2. The van der Waals surface area contributed by atoms with Crippen LogP contribution in [0.25, 0.3) is 0 Å². The van der Waals surface area contributed by atoms with Gasteiger partial charge in [0.15, 0.2) is 0 Å². The highest BCUT2D eigenvalue weighted by Gasteiger charge is 2.18. The van der Waals surface area contributed by atoms with Gasteiger partial charge in [0.05, 0.1) is 11.6 Å². The van der Waals surface area contributed by atoms with Crippen molar-refractivity contribution in [2.24, 2.45) is 0 Å². The molecule has 2 heterocycles. The first-order valence-corrected chi connectivity index (χ1v) is 7.46. The lowest BCUT2D eigenvalue weighted by Crippen LogP contribution is -2.28. The summed E-state index contributed by atoms with van der Waals surface area (Å²) < 4.78 is 2.15. The van der Waals surface area contributed by atoms with E-state index < -0.39 is 0 Å². The molecule has 2 rings (SSSR count). The number of aryl methyl sites for hydroxylation is 1. The lowest BCUT2D eigenvalue weighted by atomic mass is 10.1. The van der Waals surface area contributed by atoms with E-state index in [0.29, 0.717) is 0 Å². The smallest absolute Gasteiger partial charge is 0.253 e. The summed E-state index contributed by atoms with van der Waals surface area (Å²) in [7, 11) is 0. The number of hydrogen-bond donors (Lipinski definition) is 1. The number of aromatic nitrogens is 2. The lowest BCUT2D eigenvalue weighted by Gasteiger charge is -2.17. The highest BCUT2D eigenvalue weighted by atomic mass is 16.1. The zero-order valence-corrected chi connectivity index (χ0v) is 13.2. The molecule has 2 aromatic rings. The van der Waals surface area contributed by atoms with Gasteiger partial charge in [-0.05, 0) is 44.9 Å². The Balaban J connectivity index is 2.21. The van der Waals surface area contributed by atoms with Crippen LogP contribution in [0, 0.1) is 13.8 Å². The molecule has 112 valence electrons. The molecule has 0 aromatic carbocycles. The molecule has 0 saturated carbocycles. The van der Waals surface area contributed by atoms with Crippen LogP contribution in [-0.2, 0) is 6.54 Å². The van der Waals surface area contributed by atoms with E-state index in [1.54, 1.807) is 6.20 Å². The molecule has 0 radical (unpaired) electrons. The van der Waals surface area contributed by atoms with Crippen LogP contribution in [0.15, 0.2) is 30.6 Å². The molecule has 4 nitrogen and oxygen atoms in total. The number of nitrogens with zero attached hydrogens (tertiary/aromatic N) is 2. The van der Waals surface area contributed by atoms with Crippen molar-refractivity contribution in [3.63, 3.8) is 0 Å². The number of carbonyl (C=O) groups is 1. The molecule has 0 fully saturated rings. The van der Waals surface area contributed by atoms with E-state index in [9.17, 15) is 4.79 Å². The van der Waals surface area contributed by atoms with E-state index in [0.717, 1.165) is 35.5 Å². The Hall–Kier alpha value is -2.10. The summed E-state index contributed by atoms with van der Waals surface area (Å²) >= 11 is 0. The Bertz CT molecular complexity index is 616. The molecular weight excluding hydrogens is 262 g/mol. The van der Waals surface area contributed by atoms with Crippen LogP contribution in [0.1, 0.15) is 53.6 Å². The lowest BCUT2D eigenvalue weighted by molar-refractivity contribution is 0.0935. The van der Waals surface area contributed by atoms with Crippen molar-refractivity contribution in [2.75, 3.05) is 0 Å². The van der Waals surface area contributed by atoms with Gasteiger partial charge >= 0.3 is 0 Å². The van der Waals surface area contributed by atoms with Crippen LogP contribution < -0.4 is 5.32 Å². The summed E-state index contributed by atoms with van der Waals surface area (Å²) in [6.45, 7) is 9.06. The minimum absolute atomic E-state index is 0.00381. The summed E-state index contributed by atoms with van der Waals surface area (Å²) in [5.74, 6) is -0.0153. The molecule has 0 spiro atoms. The van der Waals surface area contributed by atoms with E-state index in [-0.39, 0.29) is 11.9 Å². The summed E-state index contributed by atoms with van der Waals surface area (Å²) in [6, 6.07) is 5.85.